The fourth-order valence-corrected chi connectivity index (χ4v) is 2.29. The average molecular weight is 272 g/mol. The monoisotopic (exact) mass is 272 g/mol. The quantitative estimate of drug-likeness (QED) is 0.782. The summed E-state index contributed by atoms with van der Waals surface area (Å²) >= 11 is 0. The molecule has 1 heterocycles. The third-order valence-corrected chi connectivity index (χ3v) is 3.69. The highest BCUT2D eigenvalue weighted by molar-refractivity contribution is 5.83. The number of aliphatic hydroxyl groups is 1. The average Bonchev–Trinajstić information content (AvgIpc) is 2.77. The number of carbonyl (C=O) groups excluding carboxylic acids is 1. The molecule has 0 aromatic rings. The predicted octanol–water partition coefficient (Wildman–Crippen LogP) is 0.994. The van der Waals surface area contributed by atoms with Crippen molar-refractivity contribution in [3.05, 3.63) is 0 Å². The van der Waals surface area contributed by atoms with Crippen LogP contribution in [-0.4, -0.2) is 63.8 Å². The molecule has 0 aromatic heterocycles. The van der Waals surface area contributed by atoms with Crippen molar-refractivity contribution in [1.82, 2.24) is 9.80 Å². The number of amides is 2. The highest BCUT2D eigenvalue weighted by Crippen LogP contribution is 2.20. The van der Waals surface area contributed by atoms with Crippen LogP contribution in [0.2, 0.25) is 0 Å². The van der Waals surface area contributed by atoms with Crippen molar-refractivity contribution < 1.29 is 19.8 Å². The van der Waals surface area contributed by atoms with Crippen molar-refractivity contribution >= 4 is 12.0 Å². The Hall–Kier alpha value is -1.30. The Kier molecular flexibility index (Phi) is 5.60. The minimum atomic E-state index is -1.05. The van der Waals surface area contributed by atoms with Gasteiger partial charge in [-0.3, -0.25) is 0 Å². The van der Waals surface area contributed by atoms with E-state index >= 15 is 0 Å². The number of carboxylic acid groups (broad SMARTS) is 1. The van der Waals surface area contributed by atoms with Crippen LogP contribution in [0.1, 0.15) is 33.6 Å². The zero-order valence-corrected chi connectivity index (χ0v) is 11.9. The van der Waals surface area contributed by atoms with Crippen LogP contribution in [-0.2, 0) is 4.79 Å². The number of hydrogen-bond acceptors (Lipinski definition) is 3. The summed E-state index contributed by atoms with van der Waals surface area (Å²) < 4.78 is 0. The van der Waals surface area contributed by atoms with Crippen molar-refractivity contribution in [1.29, 1.82) is 0 Å². The van der Waals surface area contributed by atoms with E-state index in [4.69, 9.17) is 5.11 Å². The molecule has 0 radical (unpaired) electrons. The van der Waals surface area contributed by atoms with Gasteiger partial charge >= 0.3 is 12.0 Å². The van der Waals surface area contributed by atoms with E-state index in [0.717, 1.165) is 6.42 Å². The lowest BCUT2D eigenvalue weighted by Gasteiger charge is -2.31. The summed E-state index contributed by atoms with van der Waals surface area (Å²) in [7, 11) is 0. The smallest absolute Gasteiger partial charge is 0.326 e. The SMILES string of the molecule is CCC(C)CN(CC)C(=O)N1C[C@H](O)C[C@H]1C(=O)O. The lowest BCUT2D eigenvalue weighted by Crippen LogP contribution is -2.49. The number of rotatable bonds is 5. The number of aliphatic hydroxyl groups excluding tert-OH is 1. The summed E-state index contributed by atoms with van der Waals surface area (Å²) in [6.45, 7) is 7.26. The van der Waals surface area contributed by atoms with E-state index in [1.807, 2.05) is 6.92 Å². The molecule has 1 aliphatic heterocycles. The zero-order valence-electron chi connectivity index (χ0n) is 11.9. The van der Waals surface area contributed by atoms with Crippen molar-refractivity contribution in [3.63, 3.8) is 0 Å². The summed E-state index contributed by atoms with van der Waals surface area (Å²) in [5, 5.41) is 18.7. The molecule has 2 amide bonds. The minimum Gasteiger partial charge on any atom is -0.480 e. The van der Waals surface area contributed by atoms with Gasteiger partial charge in [0.15, 0.2) is 0 Å². The maximum atomic E-state index is 12.4. The predicted molar refractivity (Wildman–Crippen MR) is 70.9 cm³/mol. The van der Waals surface area contributed by atoms with E-state index in [2.05, 4.69) is 13.8 Å². The van der Waals surface area contributed by atoms with Gasteiger partial charge in [0.05, 0.1) is 6.10 Å². The van der Waals surface area contributed by atoms with Gasteiger partial charge in [-0.2, -0.15) is 0 Å². The second-order valence-corrected chi connectivity index (χ2v) is 5.23. The van der Waals surface area contributed by atoms with Crippen molar-refractivity contribution in [3.8, 4) is 0 Å². The summed E-state index contributed by atoms with van der Waals surface area (Å²) in [6, 6.07) is -1.19. The number of carbonyl (C=O) groups is 2. The van der Waals surface area contributed by atoms with E-state index < -0.39 is 18.1 Å². The molecule has 0 aromatic carbocycles. The third kappa shape index (κ3) is 3.83. The summed E-state index contributed by atoms with van der Waals surface area (Å²) in [6.07, 6.45) is 0.337. The molecule has 1 fully saturated rings. The van der Waals surface area contributed by atoms with Crippen molar-refractivity contribution in [2.45, 2.75) is 45.8 Å². The summed E-state index contributed by atoms with van der Waals surface area (Å²) in [5.74, 6) is -0.677. The molecule has 0 aliphatic carbocycles. The number of nitrogens with zero attached hydrogens (tertiary/aromatic N) is 2. The lowest BCUT2D eigenvalue weighted by molar-refractivity contribution is -0.141. The molecular formula is C13H24N2O4. The van der Waals surface area contributed by atoms with E-state index in [1.54, 1.807) is 4.90 Å². The summed E-state index contributed by atoms with van der Waals surface area (Å²) in [5.41, 5.74) is 0. The van der Waals surface area contributed by atoms with Gasteiger partial charge in [-0.05, 0) is 12.8 Å². The third-order valence-electron chi connectivity index (χ3n) is 3.69. The van der Waals surface area contributed by atoms with Gasteiger partial charge in [0.2, 0.25) is 0 Å². The Balaban J connectivity index is 2.75. The molecule has 0 bridgehead atoms. The maximum Gasteiger partial charge on any atom is 0.326 e. The Morgan fingerprint density at radius 3 is 2.53 bits per heavy atom. The number of carboxylic acids is 1. The van der Waals surface area contributed by atoms with Gasteiger partial charge in [0.25, 0.3) is 0 Å². The van der Waals surface area contributed by atoms with Crippen LogP contribution < -0.4 is 0 Å². The lowest BCUT2D eigenvalue weighted by atomic mass is 10.1. The van der Waals surface area contributed by atoms with Crippen LogP contribution in [0.5, 0.6) is 0 Å². The van der Waals surface area contributed by atoms with Crippen LogP contribution in [0.4, 0.5) is 4.79 Å². The van der Waals surface area contributed by atoms with E-state index in [-0.39, 0.29) is 19.0 Å². The second-order valence-electron chi connectivity index (χ2n) is 5.23. The number of urea groups is 1. The second kappa shape index (κ2) is 6.75. The van der Waals surface area contributed by atoms with Crippen LogP contribution in [0, 0.1) is 5.92 Å². The molecule has 6 nitrogen and oxygen atoms in total. The van der Waals surface area contributed by atoms with Crippen molar-refractivity contribution in [2.24, 2.45) is 5.92 Å². The Labute approximate surface area is 114 Å². The largest absolute Gasteiger partial charge is 0.480 e. The van der Waals surface area contributed by atoms with Crippen LogP contribution in [0.15, 0.2) is 0 Å². The van der Waals surface area contributed by atoms with Gasteiger partial charge in [-0.25, -0.2) is 9.59 Å². The van der Waals surface area contributed by atoms with Gasteiger partial charge < -0.3 is 20.0 Å². The van der Waals surface area contributed by atoms with E-state index in [1.165, 1.54) is 4.90 Å². The Bertz CT molecular complexity index is 335. The highest BCUT2D eigenvalue weighted by atomic mass is 16.4. The van der Waals surface area contributed by atoms with Gasteiger partial charge in [-0.1, -0.05) is 20.3 Å². The number of hydrogen-bond donors (Lipinski definition) is 2. The highest BCUT2D eigenvalue weighted by Gasteiger charge is 2.40. The minimum absolute atomic E-state index is 0.104. The van der Waals surface area contributed by atoms with Gasteiger partial charge in [0.1, 0.15) is 6.04 Å². The molecule has 1 aliphatic rings. The summed E-state index contributed by atoms with van der Waals surface area (Å²) in [4.78, 5) is 26.4. The first-order valence-electron chi connectivity index (χ1n) is 6.87. The maximum absolute atomic E-state index is 12.4. The molecule has 1 saturated heterocycles. The first-order valence-corrected chi connectivity index (χ1v) is 6.87. The fourth-order valence-electron chi connectivity index (χ4n) is 2.29. The Morgan fingerprint density at radius 1 is 1.42 bits per heavy atom. The number of β-amino-alcohol motifs (C(OH)–C–C–N with tert-alkyl or cyclic N) is 1. The fraction of sp³-hybridized carbons (Fsp3) is 0.846. The first kappa shape index (κ1) is 15.8. The van der Waals surface area contributed by atoms with Crippen molar-refractivity contribution in [2.75, 3.05) is 19.6 Å². The molecule has 19 heavy (non-hydrogen) atoms. The van der Waals surface area contributed by atoms with Crippen LogP contribution in [0.3, 0.4) is 0 Å². The molecule has 3 atom stereocenters. The van der Waals surface area contributed by atoms with E-state index in [9.17, 15) is 14.7 Å². The molecule has 0 spiro atoms. The topological polar surface area (TPSA) is 81.1 Å². The molecule has 110 valence electrons. The number of likely N-dealkylation sites (tertiary alicyclic amines) is 1. The van der Waals surface area contributed by atoms with Crippen LogP contribution >= 0.6 is 0 Å². The molecular weight excluding hydrogens is 248 g/mol. The Morgan fingerprint density at radius 2 is 2.05 bits per heavy atom. The first-order chi connectivity index (χ1) is 8.90. The van der Waals surface area contributed by atoms with E-state index in [0.29, 0.717) is 19.0 Å². The van der Waals surface area contributed by atoms with Gasteiger partial charge in [-0.15, -0.1) is 0 Å². The van der Waals surface area contributed by atoms with Gasteiger partial charge in [0, 0.05) is 26.1 Å². The number of aliphatic carboxylic acids is 1. The van der Waals surface area contributed by atoms with Crippen LogP contribution in [0.25, 0.3) is 0 Å². The molecule has 0 saturated carbocycles. The normalized spacial score (nSPS) is 24.3. The zero-order chi connectivity index (χ0) is 14.6. The standard InChI is InChI=1S/C13H24N2O4/c1-4-9(3)7-14(5-2)13(19)15-8-10(16)6-11(15)12(17)18/h9-11,16H,4-8H2,1-3H3,(H,17,18)/t9?,10-,11+/m1/s1. The molecule has 1 unspecified atom stereocenters. The molecule has 1 rings (SSSR count). The molecule has 2 N–H and O–H groups in total. The molecule has 6 heteroatoms.